The van der Waals surface area contributed by atoms with Crippen molar-refractivity contribution in [1.29, 1.82) is 0 Å². The van der Waals surface area contributed by atoms with Crippen LogP contribution in [0.5, 0.6) is 0 Å². The molecule has 0 unspecified atom stereocenters. The van der Waals surface area contributed by atoms with E-state index in [0.29, 0.717) is 103 Å². The van der Waals surface area contributed by atoms with Crippen molar-refractivity contribution >= 4 is 106 Å². The molecule has 0 aromatic heterocycles. The van der Waals surface area contributed by atoms with E-state index < -0.39 is 210 Å². The van der Waals surface area contributed by atoms with Gasteiger partial charge in [-0.3, -0.25) is 91.7 Å². The molecule has 141 heavy (non-hydrogen) atoms. The Hall–Kier alpha value is -9.86. The second kappa shape index (κ2) is 75.0. The van der Waals surface area contributed by atoms with Crippen molar-refractivity contribution in [3.8, 4) is 0 Å². The van der Waals surface area contributed by atoms with E-state index in [0.717, 1.165) is 0 Å². The number of nitrogens with two attached hydrogens (primary N) is 8. The summed E-state index contributed by atoms with van der Waals surface area (Å²) < 4.78 is 0. The Balaban J connectivity index is 7.44. The predicted octanol–water partition coefficient (Wildman–Crippen LogP) is -0.109. The van der Waals surface area contributed by atoms with Crippen molar-refractivity contribution in [2.75, 3.05) is 52.4 Å². The predicted molar refractivity (Wildman–Crippen MR) is 542 cm³/mol. The summed E-state index contributed by atoms with van der Waals surface area (Å²) >= 11 is 0. The number of unbranched alkanes of at least 4 members (excludes halogenated alkanes) is 8. The lowest BCUT2D eigenvalue weighted by atomic mass is 9.98. The molecule has 812 valence electrons. The van der Waals surface area contributed by atoms with Gasteiger partial charge >= 0.3 is 5.97 Å². The lowest BCUT2D eigenvalue weighted by Gasteiger charge is -2.30. The number of carbonyl (C=O) groups excluding carboxylic acids is 17. The van der Waals surface area contributed by atoms with Crippen molar-refractivity contribution in [2.24, 2.45) is 93.3 Å². The van der Waals surface area contributed by atoms with Crippen LogP contribution in [0, 0.1) is 47.3 Å². The fourth-order valence-electron chi connectivity index (χ4n) is 15.7. The third-order valence-electron chi connectivity index (χ3n) is 23.2. The van der Waals surface area contributed by atoms with E-state index in [4.69, 9.17) is 46.0 Å². The maximum absolute atomic E-state index is 15.0. The highest BCUT2D eigenvalue weighted by molar-refractivity contribution is 6.01. The van der Waals surface area contributed by atoms with Crippen LogP contribution in [0.2, 0.25) is 0 Å². The molecule has 0 saturated carbocycles. The molecule has 0 bridgehead atoms. The monoisotopic (exact) mass is 2000 g/mol. The average Bonchev–Trinajstić information content (AvgIpc) is 0.852. The largest absolute Gasteiger partial charge is 0.481 e. The van der Waals surface area contributed by atoms with Crippen LogP contribution in [0.15, 0.2) is 0 Å². The third kappa shape index (κ3) is 59.7. The first-order valence-electron chi connectivity index (χ1n) is 51.5. The molecule has 17 amide bonds. The highest BCUT2D eigenvalue weighted by atomic mass is 16.4. The Morgan fingerprint density at radius 2 is 0.411 bits per heavy atom. The van der Waals surface area contributed by atoms with E-state index >= 15 is 0 Å². The molecular formula is C97H185N25O19. The second-order valence-corrected chi connectivity index (χ2v) is 40.6. The fraction of sp³-hybridized carbons (Fsp3) is 0.814. The van der Waals surface area contributed by atoms with Gasteiger partial charge in [0.25, 0.3) is 0 Å². The highest BCUT2D eigenvalue weighted by Crippen LogP contribution is 2.20. The minimum absolute atomic E-state index is 0.000515. The molecule has 0 aliphatic rings. The summed E-state index contributed by atoms with van der Waals surface area (Å²) in [6, 6.07) is -19.5. The molecule has 0 saturated heterocycles. The van der Waals surface area contributed by atoms with Gasteiger partial charge in [0.15, 0.2) is 0 Å². The summed E-state index contributed by atoms with van der Waals surface area (Å²) in [6.07, 6.45) is 6.54. The van der Waals surface area contributed by atoms with Crippen LogP contribution < -0.4 is 136 Å². The molecule has 34 N–H and O–H groups in total. The van der Waals surface area contributed by atoms with Crippen LogP contribution in [-0.4, -0.2) is 254 Å². The zero-order chi connectivity index (χ0) is 107. The number of rotatable bonds is 80. The number of amides is 17. The summed E-state index contributed by atoms with van der Waals surface area (Å²) in [5, 5.41) is 54.0. The minimum Gasteiger partial charge on any atom is -0.481 e. The third-order valence-corrected chi connectivity index (χ3v) is 23.2. The number of nitrogens with one attached hydrogen (secondary N) is 17. The Morgan fingerprint density at radius 3 is 0.617 bits per heavy atom. The average molecular weight is 2010 g/mol. The van der Waals surface area contributed by atoms with Crippen LogP contribution in [0.3, 0.4) is 0 Å². The maximum Gasteiger partial charge on any atom is 0.303 e. The zero-order valence-corrected chi connectivity index (χ0v) is 87.5. The lowest BCUT2D eigenvalue weighted by Crippen LogP contribution is -2.61. The number of carbonyl (C=O) groups is 18. The van der Waals surface area contributed by atoms with Gasteiger partial charge in [-0.15, -0.1) is 0 Å². The summed E-state index contributed by atoms with van der Waals surface area (Å²) in [7, 11) is 0. The Morgan fingerprint density at radius 1 is 0.213 bits per heavy atom. The first-order chi connectivity index (χ1) is 66.5. The zero-order valence-electron chi connectivity index (χ0n) is 87.5. The van der Waals surface area contributed by atoms with Gasteiger partial charge in [-0.05, 0) is 273 Å². The summed E-state index contributed by atoms with van der Waals surface area (Å²) in [5.41, 5.74) is 43.6. The van der Waals surface area contributed by atoms with Crippen LogP contribution in [0.25, 0.3) is 0 Å². The molecule has 0 fully saturated rings. The molecule has 0 aromatic rings. The van der Waals surface area contributed by atoms with Gasteiger partial charge in [0.05, 0.1) is 12.6 Å². The van der Waals surface area contributed by atoms with Gasteiger partial charge in [0, 0.05) is 19.4 Å². The molecule has 0 aliphatic carbocycles. The van der Waals surface area contributed by atoms with E-state index in [1.807, 2.05) is 55.4 Å². The Bertz CT molecular complexity index is 3770. The van der Waals surface area contributed by atoms with Crippen LogP contribution >= 0.6 is 0 Å². The van der Waals surface area contributed by atoms with Crippen LogP contribution in [0.4, 0.5) is 0 Å². The normalized spacial score (nSPS) is 14.7. The molecule has 0 aliphatic heterocycles. The van der Waals surface area contributed by atoms with Crippen LogP contribution in [-0.2, 0) is 86.3 Å². The standard InChI is InChI=1S/C97H185N25O19/c1-57(2)48-65(104)83(127)108-67(33-20-26-42-99)85(129)110-69(35-22-28-44-101)87(131)115-77(53-62(11)12)95(139)120-75(51-60(7)8)93(137)113-71(37-24-30-46-103)89(133)117-79(55-64(15)16)96(140)119-74(50-59(5)6)92(136)112-68(34-21-27-43-100)86(130)111-70(36-23-29-45-102)88(132)116-78(54-63(13)14)97(141)121-76(52-61(9)10)94(138)114-72(39-40-82(125)126)90(134)118-73(49-58(3)4)91(135)109-66(32-19-25-41-98)84(128)107-56-81(124)106-47-31-17-18-38-80(123)122-105/h57-79H,17-56,98-105H2,1-16H3,(H,106,124)(H,107,128)(H,108,127)(H,109,135)(H,110,129)(H,111,130)(H,112,136)(H,113,137)(H,114,138)(H,115,131)(H,116,132)(H,117,133)(H,118,134)(H,119,140)(H,120,139)(H,121,141)(H,122,123)(H,125,126)/t65-,66-,67-,68-,69-,70-,71-,72-,73-,74-,75-,76-,77-,78-,79-/m0/s1. The van der Waals surface area contributed by atoms with E-state index in [-0.39, 0.29) is 189 Å². The molecule has 0 rings (SSSR count). The summed E-state index contributed by atoms with van der Waals surface area (Å²) in [6.45, 7) is 30.3. The van der Waals surface area contributed by atoms with Crippen molar-refractivity contribution in [3.63, 3.8) is 0 Å². The number of hydrazine groups is 1. The first-order valence-corrected chi connectivity index (χ1v) is 51.5. The smallest absolute Gasteiger partial charge is 0.303 e. The summed E-state index contributed by atoms with van der Waals surface area (Å²) in [4.78, 5) is 255. The fourth-order valence-corrected chi connectivity index (χ4v) is 15.7. The molecule has 0 radical (unpaired) electrons. The van der Waals surface area contributed by atoms with E-state index in [1.54, 1.807) is 55.4 Å². The van der Waals surface area contributed by atoms with Crippen molar-refractivity contribution in [3.05, 3.63) is 0 Å². The lowest BCUT2D eigenvalue weighted by molar-refractivity contribution is -0.139. The second-order valence-electron chi connectivity index (χ2n) is 40.6. The minimum atomic E-state index is -1.62. The number of carboxylic acids is 1. The first kappa shape index (κ1) is 131. The van der Waals surface area contributed by atoms with Crippen molar-refractivity contribution in [1.82, 2.24) is 90.5 Å². The molecule has 0 heterocycles. The molecule has 15 atom stereocenters. The molecule has 0 aromatic carbocycles. The maximum atomic E-state index is 15.0. The van der Waals surface area contributed by atoms with Gasteiger partial charge in [0.1, 0.15) is 84.6 Å². The van der Waals surface area contributed by atoms with E-state index in [2.05, 4.69) is 90.5 Å². The van der Waals surface area contributed by atoms with E-state index in [9.17, 15) is 91.4 Å². The number of aliphatic carboxylic acids is 1. The number of carboxylic acid groups (broad SMARTS) is 1. The van der Waals surface area contributed by atoms with Crippen LogP contribution in [0.1, 0.15) is 316 Å². The van der Waals surface area contributed by atoms with Gasteiger partial charge < -0.3 is 130 Å². The van der Waals surface area contributed by atoms with Gasteiger partial charge in [-0.1, -0.05) is 117 Å². The Kier molecular flexibility index (Phi) is 69.7. The van der Waals surface area contributed by atoms with Gasteiger partial charge in [-0.2, -0.15) is 0 Å². The van der Waals surface area contributed by atoms with Gasteiger partial charge in [-0.25, -0.2) is 5.84 Å². The number of hydrogen-bond donors (Lipinski definition) is 26. The molecule has 0 spiro atoms. The highest BCUT2D eigenvalue weighted by Gasteiger charge is 2.40. The molecular weight excluding hydrogens is 1820 g/mol. The summed E-state index contributed by atoms with van der Waals surface area (Å²) in [5.74, 6) is -10.4. The number of hydrogen-bond acceptors (Lipinski definition) is 26. The SMILES string of the molecule is CC(C)C[C@H](NC(=O)[C@H](CCC(=O)O)NC(=O)[C@H](CC(C)C)NC(=O)[C@H](CC(C)C)NC(=O)[C@H](CCCCN)NC(=O)[C@H](CCCCN)NC(=O)[C@H](CC(C)C)NC(=O)[C@H](CC(C)C)NC(=O)[C@H](CCCCN)NC(=O)[C@H](CC(C)C)NC(=O)[C@H](CC(C)C)NC(=O)[C@H](CCCCN)NC(=O)[C@H](CCCCN)NC(=O)[C@@H](N)CC(C)C)C(=O)N[C@@H](CCCCN)C(=O)NCC(=O)NCCCCCC(=O)NN. The van der Waals surface area contributed by atoms with Crippen molar-refractivity contribution in [2.45, 2.75) is 407 Å². The van der Waals surface area contributed by atoms with Gasteiger partial charge in [0.2, 0.25) is 100 Å². The van der Waals surface area contributed by atoms with Crippen molar-refractivity contribution < 1.29 is 91.4 Å². The quantitative estimate of drug-likeness (QED) is 0.0163. The topological polar surface area (TPSA) is 740 Å². The Labute approximate surface area is 837 Å². The molecule has 44 heteroatoms. The van der Waals surface area contributed by atoms with E-state index in [1.165, 1.54) is 0 Å². The molecule has 44 nitrogen and oxygen atoms in total.